The van der Waals surface area contributed by atoms with Crippen LogP contribution in [0.25, 0.3) is 11.1 Å². The molecule has 2 aromatic rings. The number of ether oxygens (including phenoxy) is 1. The van der Waals surface area contributed by atoms with Crippen LogP contribution >= 0.6 is 11.6 Å². The van der Waals surface area contributed by atoms with E-state index in [9.17, 15) is 0 Å². The number of hydrogen-bond acceptors (Lipinski definition) is 1. The van der Waals surface area contributed by atoms with Crippen molar-refractivity contribution < 1.29 is 4.74 Å². The summed E-state index contributed by atoms with van der Waals surface area (Å²) in [5.74, 6) is 0.788. The van der Waals surface area contributed by atoms with Crippen LogP contribution in [0.4, 0.5) is 0 Å². The standard InChI is InChI=1S/C13H10ClO/c14-10-15-13-8-6-12(7-9-13)11-4-2-1-3-5-11/h2-9H,10H2. The van der Waals surface area contributed by atoms with Crippen LogP contribution in [0, 0.1) is 6.07 Å². The zero-order chi connectivity index (χ0) is 10.5. The van der Waals surface area contributed by atoms with Gasteiger partial charge in [-0.2, -0.15) is 0 Å². The predicted molar refractivity (Wildman–Crippen MR) is 62.1 cm³/mol. The average molecular weight is 218 g/mol. The van der Waals surface area contributed by atoms with E-state index in [1.54, 1.807) is 0 Å². The number of rotatable bonds is 3. The summed E-state index contributed by atoms with van der Waals surface area (Å²) in [5, 5.41) is 0. The number of halogens is 1. The first-order valence-electron chi connectivity index (χ1n) is 4.65. The third-order valence-corrected chi connectivity index (χ3v) is 2.24. The minimum Gasteiger partial charge on any atom is -0.478 e. The second-order valence-corrected chi connectivity index (χ2v) is 3.28. The first-order valence-corrected chi connectivity index (χ1v) is 5.19. The van der Waals surface area contributed by atoms with Crippen LogP contribution in [-0.2, 0) is 0 Å². The summed E-state index contributed by atoms with van der Waals surface area (Å²) >= 11 is 5.47. The van der Waals surface area contributed by atoms with E-state index >= 15 is 0 Å². The summed E-state index contributed by atoms with van der Waals surface area (Å²) in [6.45, 7) is 0. The lowest BCUT2D eigenvalue weighted by molar-refractivity contribution is 0.388. The largest absolute Gasteiger partial charge is 0.478 e. The van der Waals surface area contributed by atoms with Gasteiger partial charge in [-0.05, 0) is 29.3 Å². The van der Waals surface area contributed by atoms with Crippen molar-refractivity contribution in [3.05, 3.63) is 54.6 Å². The van der Waals surface area contributed by atoms with Crippen molar-refractivity contribution in [2.24, 2.45) is 0 Å². The molecular formula is C13H10ClO. The van der Waals surface area contributed by atoms with Gasteiger partial charge in [-0.1, -0.05) is 48.0 Å². The maximum atomic E-state index is 5.47. The van der Waals surface area contributed by atoms with Crippen LogP contribution in [0.1, 0.15) is 0 Å². The van der Waals surface area contributed by atoms with Gasteiger partial charge in [0.1, 0.15) is 5.75 Å². The van der Waals surface area contributed by atoms with E-state index < -0.39 is 0 Å². The molecule has 0 saturated heterocycles. The maximum absolute atomic E-state index is 5.47. The molecule has 0 fully saturated rings. The molecule has 1 radical (unpaired) electrons. The molecule has 0 N–H and O–H groups in total. The van der Waals surface area contributed by atoms with E-state index in [0.717, 1.165) is 11.3 Å². The molecular weight excluding hydrogens is 208 g/mol. The van der Waals surface area contributed by atoms with Crippen molar-refractivity contribution in [1.29, 1.82) is 0 Å². The molecule has 15 heavy (non-hydrogen) atoms. The van der Waals surface area contributed by atoms with Gasteiger partial charge in [-0.25, -0.2) is 0 Å². The zero-order valence-electron chi connectivity index (χ0n) is 8.11. The second-order valence-electron chi connectivity index (χ2n) is 3.07. The summed E-state index contributed by atoms with van der Waals surface area (Å²) in [5.41, 5.74) is 2.33. The molecule has 0 aromatic heterocycles. The third-order valence-electron chi connectivity index (χ3n) is 2.13. The Kier molecular flexibility index (Phi) is 3.25. The normalized spacial score (nSPS) is 9.93. The van der Waals surface area contributed by atoms with Gasteiger partial charge >= 0.3 is 0 Å². The Hall–Kier alpha value is -1.47. The van der Waals surface area contributed by atoms with Crippen molar-refractivity contribution in [2.75, 3.05) is 6.07 Å². The van der Waals surface area contributed by atoms with Gasteiger partial charge in [0.05, 0.1) is 0 Å². The first kappa shape index (κ1) is 10.1. The Morgan fingerprint density at radius 1 is 0.933 bits per heavy atom. The SMILES string of the molecule is ClCOc1ccc(-c2cc[c]cc2)cc1. The fourth-order valence-electron chi connectivity index (χ4n) is 1.39. The van der Waals surface area contributed by atoms with Gasteiger partial charge < -0.3 is 4.74 Å². The Morgan fingerprint density at radius 2 is 1.53 bits per heavy atom. The average Bonchev–Trinajstić information content (AvgIpc) is 2.32. The third kappa shape index (κ3) is 2.51. The van der Waals surface area contributed by atoms with Crippen LogP contribution in [0.15, 0.2) is 48.5 Å². The van der Waals surface area contributed by atoms with E-state index in [1.165, 1.54) is 5.56 Å². The molecule has 1 nitrogen and oxygen atoms in total. The van der Waals surface area contributed by atoms with Crippen LogP contribution in [0.5, 0.6) is 5.75 Å². The van der Waals surface area contributed by atoms with Crippen LogP contribution in [0.3, 0.4) is 0 Å². The monoisotopic (exact) mass is 217 g/mol. The van der Waals surface area contributed by atoms with Crippen molar-refractivity contribution in [1.82, 2.24) is 0 Å². The molecule has 2 aromatic carbocycles. The molecule has 0 saturated carbocycles. The highest BCUT2D eigenvalue weighted by Gasteiger charge is 1.96. The van der Waals surface area contributed by atoms with E-state index in [-0.39, 0.29) is 6.07 Å². The number of alkyl halides is 1. The molecule has 0 bridgehead atoms. The van der Waals surface area contributed by atoms with Crippen LogP contribution in [0.2, 0.25) is 0 Å². The number of hydrogen-bond donors (Lipinski definition) is 0. The van der Waals surface area contributed by atoms with E-state index in [4.69, 9.17) is 16.3 Å². The maximum Gasteiger partial charge on any atom is 0.162 e. The summed E-state index contributed by atoms with van der Waals surface area (Å²) in [4.78, 5) is 0. The fourth-order valence-corrected chi connectivity index (χ4v) is 1.51. The number of benzene rings is 2. The lowest BCUT2D eigenvalue weighted by Gasteiger charge is -2.04. The highest BCUT2D eigenvalue weighted by atomic mass is 35.5. The van der Waals surface area contributed by atoms with Gasteiger partial charge in [0.2, 0.25) is 0 Å². The topological polar surface area (TPSA) is 9.23 Å². The van der Waals surface area contributed by atoms with Crippen molar-refractivity contribution in [3.63, 3.8) is 0 Å². The second kappa shape index (κ2) is 4.85. The van der Waals surface area contributed by atoms with E-state index in [0.29, 0.717) is 0 Å². The Balaban J connectivity index is 2.24. The minimum absolute atomic E-state index is 0.180. The van der Waals surface area contributed by atoms with Gasteiger partial charge in [0.15, 0.2) is 6.07 Å². The van der Waals surface area contributed by atoms with E-state index in [2.05, 4.69) is 6.07 Å². The van der Waals surface area contributed by atoms with Crippen molar-refractivity contribution in [2.45, 2.75) is 0 Å². The minimum atomic E-state index is 0.180. The molecule has 2 heteroatoms. The van der Waals surface area contributed by atoms with Gasteiger partial charge in [0.25, 0.3) is 0 Å². The Labute approximate surface area is 94.3 Å². The summed E-state index contributed by atoms with van der Waals surface area (Å²) in [6, 6.07) is 18.9. The molecule has 0 aliphatic carbocycles. The molecule has 0 aliphatic rings. The van der Waals surface area contributed by atoms with Gasteiger partial charge in [-0.3, -0.25) is 0 Å². The molecule has 0 unspecified atom stereocenters. The first-order chi connectivity index (χ1) is 7.40. The van der Waals surface area contributed by atoms with Crippen LogP contribution in [-0.4, -0.2) is 6.07 Å². The highest BCUT2D eigenvalue weighted by molar-refractivity contribution is 6.17. The molecule has 2 rings (SSSR count). The van der Waals surface area contributed by atoms with Gasteiger partial charge in [-0.15, -0.1) is 0 Å². The summed E-state index contributed by atoms with van der Waals surface area (Å²) in [6.07, 6.45) is 0. The smallest absolute Gasteiger partial charge is 0.162 e. The molecule has 0 atom stereocenters. The molecule has 0 amide bonds. The molecule has 75 valence electrons. The fraction of sp³-hybridized carbons (Fsp3) is 0.0769. The van der Waals surface area contributed by atoms with Crippen LogP contribution < -0.4 is 4.74 Å². The quantitative estimate of drug-likeness (QED) is 0.712. The lowest BCUT2D eigenvalue weighted by atomic mass is 10.1. The summed E-state index contributed by atoms with van der Waals surface area (Å²) in [7, 11) is 0. The Bertz CT molecular complexity index is 408. The highest BCUT2D eigenvalue weighted by Crippen LogP contribution is 2.21. The molecule has 0 spiro atoms. The Morgan fingerprint density at radius 3 is 2.13 bits per heavy atom. The molecule has 0 heterocycles. The van der Waals surface area contributed by atoms with E-state index in [1.807, 2.05) is 48.5 Å². The van der Waals surface area contributed by atoms with Gasteiger partial charge in [0, 0.05) is 0 Å². The summed E-state index contributed by atoms with van der Waals surface area (Å²) < 4.78 is 5.16. The van der Waals surface area contributed by atoms with Crippen molar-refractivity contribution >= 4 is 11.6 Å². The van der Waals surface area contributed by atoms with Crippen molar-refractivity contribution in [3.8, 4) is 16.9 Å². The zero-order valence-corrected chi connectivity index (χ0v) is 8.87. The predicted octanol–water partition coefficient (Wildman–Crippen LogP) is 3.73. The lowest BCUT2D eigenvalue weighted by Crippen LogP contribution is -1.88. The molecule has 0 aliphatic heterocycles.